The van der Waals surface area contributed by atoms with Crippen LogP contribution in [-0.2, 0) is 14.3 Å². The Hall–Kier alpha value is -2.08. The van der Waals surface area contributed by atoms with Gasteiger partial charge < -0.3 is 19.3 Å². The number of carbonyl (C=O) groups is 2. The Labute approximate surface area is 142 Å². The highest BCUT2D eigenvalue weighted by atomic mass is 16.5. The third kappa shape index (κ3) is 3.87. The summed E-state index contributed by atoms with van der Waals surface area (Å²) < 4.78 is 11.0. The van der Waals surface area contributed by atoms with E-state index in [4.69, 9.17) is 9.47 Å². The summed E-state index contributed by atoms with van der Waals surface area (Å²) in [6.07, 6.45) is 3.48. The van der Waals surface area contributed by atoms with Gasteiger partial charge in [0.05, 0.1) is 6.10 Å². The van der Waals surface area contributed by atoms with Gasteiger partial charge >= 0.3 is 0 Å². The summed E-state index contributed by atoms with van der Waals surface area (Å²) >= 11 is 0. The summed E-state index contributed by atoms with van der Waals surface area (Å²) in [5.41, 5.74) is 0.836. The van der Waals surface area contributed by atoms with Gasteiger partial charge in [-0.15, -0.1) is 0 Å². The van der Waals surface area contributed by atoms with Crippen LogP contribution >= 0.6 is 0 Å². The van der Waals surface area contributed by atoms with Crippen LogP contribution in [0.4, 0.5) is 5.69 Å². The highest BCUT2D eigenvalue weighted by Gasteiger charge is 2.24. The molecule has 24 heavy (non-hydrogen) atoms. The lowest BCUT2D eigenvalue weighted by molar-refractivity contribution is -0.135. The second kappa shape index (κ2) is 7.66. The molecule has 0 unspecified atom stereocenters. The number of carbonyl (C=O) groups excluding carboxylic acids is 2. The number of hydrogen-bond donors (Lipinski definition) is 0. The highest BCUT2D eigenvalue weighted by molar-refractivity contribution is 5.95. The van der Waals surface area contributed by atoms with Gasteiger partial charge in [-0.05, 0) is 31.4 Å². The molecule has 0 saturated carbocycles. The van der Waals surface area contributed by atoms with E-state index in [1.807, 2.05) is 29.2 Å². The van der Waals surface area contributed by atoms with E-state index in [0.29, 0.717) is 25.3 Å². The van der Waals surface area contributed by atoms with Gasteiger partial charge in [0.15, 0.2) is 6.61 Å². The van der Waals surface area contributed by atoms with Crippen molar-refractivity contribution in [2.75, 3.05) is 38.3 Å². The van der Waals surface area contributed by atoms with Crippen LogP contribution in [0.1, 0.15) is 25.7 Å². The number of piperidine rings is 1. The summed E-state index contributed by atoms with van der Waals surface area (Å²) in [7, 11) is 1.71. The molecule has 2 aliphatic rings. The molecule has 3 rings (SSSR count). The van der Waals surface area contributed by atoms with E-state index < -0.39 is 0 Å². The lowest BCUT2D eigenvalue weighted by Gasteiger charge is -2.31. The zero-order chi connectivity index (χ0) is 16.9. The lowest BCUT2D eigenvalue weighted by atomic mass is 10.1. The zero-order valence-electron chi connectivity index (χ0n) is 14.1. The summed E-state index contributed by atoms with van der Waals surface area (Å²) in [5, 5.41) is 0. The molecular weight excluding hydrogens is 308 g/mol. The number of likely N-dealkylation sites (tertiary alicyclic amines) is 1. The molecule has 2 amide bonds. The second-order valence-corrected chi connectivity index (χ2v) is 6.25. The minimum absolute atomic E-state index is 0.00722. The van der Waals surface area contributed by atoms with Crippen molar-refractivity contribution in [1.82, 2.24) is 4.90 Å². The largest absolute Gasteiger partial charge is 0.484 e. The molecule has 0 atom stereocenters. The Balaban J connectivity index is 1.53. The smallest absolute Gasteiger partial charge is 0.260 e. The minimum Gasteiger partial charge on any atom is -0.484 e. The lowest BCUT2D eigenvalue weighted by Crippen LogP contribution is -2.42. The van der Waals surface area contributed by atoms with Crippen molar-refractivity contribution in [2.24, 2.45) is 0 Å². The molecular formula is C18H24N2O4. The first-order chi connectivity index (χ1) is 11.7. The number of nitrogens with zero attached hydrogens (tertiary/aromatic N) is 2. The van der Waals surface area contributed by atoms with E-state index in [0.717, 1.165) is 31.5 Å². The molecule has 0 aliphatic carbocycles. The predicted octanol–water partition coefficient (Wildman–Crippen LogP) is 1.83. The fraction of sp³-hybridized carbons (Fsp3) is 0.556. The van der Waals surface area contributed by atoms with Gasteiger partial charge in [-0.2, -0.15) is 0 Å². The maximum Gasteiger partial charge on any atom is 0.260 e. The second-order valence-electron chi connectivity index (χ2n) is 6.25. The van der Waals surface area contributed by atoms with Crippen molar-refractivity contribution in [1.29, 1.82) is 0 Å². The standard InChI is InChI=1S/C18H24N2O4/c1-23-15-7-10-19(11-8-15)18(22)13-24-16-5-2-4-14(12-16)20-9-3-6-17(20)21/h2,4-5,12,15H,3,6-11,13H2,1H3. The Morgan fingerprint density at radius 3 is 2.71 bits per heavy atom. The molecule has 6 nitrogen and oxygen atoms in total. The summed E-state index contributed by atoms with van der Waals surface area (Å²) in [6.45, 7) is 2.19. The Morgan fingerprint density at radius 2 is 2.04 bits per heavy atom. The molecule has 0 radical (unpaired) electrons. The molecule has 2 saturated heterocycles. The van der Waals surface area contributed by atoms with Crippen LogP contribution in [0.25, 0.3) is 0 Å². The highest BCUT2D eigenvalue weighted by Crippen LogP contribution is 2.25. The van der Waals surface area contributed by atoms with Crippen molar-refractivity contribution in [3.05, 3.63) is 24.3 Å². The SMILES string of the molecule is COC1CCN(C(=O)COc2cccc(N3CCCC3=O)c2)CC1. The summed E-state index contributed by atoms with van der Waals surface area (Å²) in [4.78, 5) is 27.7. The van der Waals surface area contributed by atoms with Gasteiger partial charge in [-0.3, -0.25) is 9.59 Å². The van der Waals surface area contributed by atoms with Crippen LogP contribution in [0, 0.1) is 0 Å². The van der Waals surface area contributed by atoms with Crippen LogP contribution in [0.3, 0.4) is 0 Å². The third-order valence-electron chi connectivity index (χ3n) is 4.69. The predicted molar refractivity (Wildman–Crippen MR) is 90.1 cm³/mol. The Morgan fingerprint density at radius 1 is 1.25 bits per heavy atom. The molecule has 130 valence electrons. The first-order valence-corrected chi connectivity index (χ1v) is 8.51. The molecule has 0 spiro atoms. The molecule has 2 fully saturated rings. The van der Waals surface area contributed by atoms with Crippen molar-refractivity contribution in [3.63, 3.8) is 0 Å². The molecule has 2 heterocycles. The van der Waals surface area contributed by atoms with E-state index in [-0.39, 0.29) is 24.5 Å². The van der Waals surface area contributed by atoms with Crippen LogP contribution in [0.5, 0.6) is 5.75 Å². The first-order valence-electron chi connectivity index (χ1n) is 8.51. The van der Waals surface area contributed by atoms with Crippen molar-refractivity contribution < 1.29 is 19.1 Å². The quantitative estimate of drug-likeness (QED) is 0.825. The molecule has 6 heteroatoms. The molecule has 1 aromatic rings. The third-order valence-corrected chi connectivity index (χ3v) is 4.69. The maximum absolute atomic E-state index is 12.3. The number of ether oxygens (including phenoxy) is 2. The van der Waals surface area contributed by atoms with Gasteiger partial charge in [0.1, 0.15) is 5.75 Å². The molecule has 0 aromatic heterocycles. The van der Waals surface area contributed by atoms with Gasteiger partial charge in [-0.25, -0.2) is 0 Å². The topological polar surface area (TPSA) is 59.1 Å². The van der Waals surface area contributed by atoms with E-state index >= 15 is 0 Å². The van der Waals surface area contributed by atoms with Crippen molar-refractivity contribution in [3.8, 4) is 5.75 Å². The monoisotopic (exact) mass is 332 g/mol. The van der Waals surface area contributed by atoms with Gasteiger partial charge in [-0.1, -0.05) is 6.07 Å². The normalized spacial score (nSPS) is 19.0. The van der Waals surface area contributed by atoms with E-state index in [9.17, 15) is 9.59 Å². The van der Waals surface area contributed by atoms with Crippen molar-refractivity contribution in [2.45, 2.75) is 31.8 Å². The van der Waals surface area contributed by atoms with Crippen LogP contribution < -0.4 is 9.64 Å². The zero-order valence-corrected chi connectivity index (χ0v) is 14.1. The van der Waals surface area contributed by atoms with Gasteiger partial charge in [0.25, 0.3) is 5.91 Å². The number of rotatable bonds is 5. The number of hydrogen-bond acceptors (Lipinski definition) is 4. The number of methoxy groups -OCH3 is 1. The van der Waals surface area contributed by atoms with Gasteiger partial charge in [0, 0.05) is 44.9 Å². The fourth-order valence-corrected chi connectivity index (χ4v) is 3.24. The Kier molecular flexibility index (Phi) is 5.35. The Bertz CT molecular complexity index is 596. The first kappa shape index (κ1) is 16.8. The van der Waals surface area contributed by atoms with Crippen LogP contribution in [0.15, 0.2) is 24.3 Å². The average Bonchev–Trinajstić information content (AvgIpc) is 3.06. The maximum atomic E-state index is 12.3. The van der Waals surface area contributed by atoms with Crippen LogP contribution in [-0.4, -0.2) is 56.2 Å². The molecule has 0 bridgehead atoms. The molecule has 1 aromatic carbocycles. The van der Waals surface area contributed by atoms with E-state index in [1.165, 1.54) is 0 Å². The number of amides is 2. The molecule has 0 N–H and O–H groups in total. The van der Waals surface area contributed by atoms with Crippen molar-refractivity contribution >= 4 is 17.5 Å². The number of benzene rings is 1. The molecule has 2 aliphatic heterocycles. The minimum atomic E-state index is -0.00722. The summed E-state index contributed by atoms with van der Waals surface area (Å²) in [6, 6.07) is 7.39. The van der Waals surface area contributed by atoms with E-state index in [1.54, 1.807) is 12.0 Å². The van der Waals surface area contributed by atoms with Crippen LogP contribution in [0.2, 0.25) is 0 Å². The fourth-order valence-electron chi connectivity index (χ4n) is 3.24. The average molecular weight is 332 g/mol. The number of anilines is 1. The summed E-state index contributed by atoms with van der Waals surface area (Å²) in [5.74, 6) is 0.753. The van der Waals surface area contributed by atoms with Gasteiger partial charge in [0.2, 0.25) is 5.91 Å². The van der Waals surface area contributed by atoms with E-state index in [2.05, 4.69) is 0 Å².